The van der Waals surface area contributed by atoms with Crippen LogP contribution in [-0.4, -0.2) is 67.0 Å². The van der Waals surface area contributed by atoms with Gasteiger partial charge < -0.3 is 19.9 Å². The molecule has 1 aromatic rings. The van der Waals surface area contributed by atoms with E-state index in [4.69, 9.17) is 4.74 Å². The van der Waals surface area contributed by atoms with Crippen molar-refractivity contribution in [1.29, 1.82) is 0 Å². The van der Waals surface area contributed by atoms with Crippen molar-refractivity contribution in [2.24, 2.45) is 11.8 Å². The van der Waals surface area contributed by atoms with Crippen molar-refractivity contribution in [2.45, 2.75) is 19.8 Å². The number of hydrogen-bond donors (Lipinski definition) is 1. The van der Waals surface area contributed by atoms with Gasteiger partial charge in [0.25, 0.3) is 0 Å². The van der Waals surface area contributed by atoms with Crippen LogP contribution in [0, 0.1) is 11.8 Å². The highest BCUT2D eigenvalue weighted by atomic mass is 16.6. The summed E-state index contributed by atoms with van der Waals surface area (Å²) < 4.78 is 4.99. The Labute approximate surface area is 159 Å². The van der Waals surface area contributed by atoms with Gasteiger partial charge in [-0.2, -0.15) is 0 Å². The Bertz CT molecular complexity index is 671. The first kappa shape index (κ1) is 19.2. The lowest BCUT2D eigenvalue weighted by atomic mass is 10.1. The molecule has 7 heteroatoms. The molecule has 3 amide bonds. The summed E-state index contributed by atoms with van der Waals surface area (Å²) in [6.07, 6.45) is 1.08. The van der Waals surface area contributed by atoms with Crippen molar-refractivity contribution >= 4 is 17.9 Å². The van der Waals surface area contributed by atoms with Gasteiger partial charge in [-0.3, -0.25) is 9.59 Å². The molecule has 0 radical (unpaired) electrons. The van der Waals surface area contributed by atoms with Crippen molar-refractivity contribution in [3.8, 4) is 0 Å². The van der Waals surface area contributed by atoms with E-state index in [1.807, 2.05) is 30.3 Å². The number of carbonyl (C=O) groups excluding carboxylic acids is 3. The van der Waals surface area contributed by atoms with Gasteiger partial charge in [-0.1, -0.05) is 30.3 Å². The van der Waals surface area contributed by atoms with Crippen LogP contribution in [0.25, 0.3) is 0 Å². The van der Waals surface area contributed by atoms with Crippen LogP contribution < -0.4 is 5.32 Å². The number of piperazine rings is 1. The van der Waals surface area contributed by atoms with Gasteiger partial charge in [0.1, 0.15) is 0 Å². The van der Waals surface area contributed by atoms with Crippen molar-refractivity contribution in [3.05, 3.63) is 35.9 Å². The zero-order valence-electron chi connectivity index (χ0n) is 15.7. The third-order valence-corrected chi connectivity index (χ3v) is 5.12. The number of nitrogens with zero attached hydrogens (tertiary/aromatic N) is 2. The van der Waals surface area contributed by atoms with Gasteiger partial charge in [0.05, 0.1) is 18.4 Å². The molecule has 146 valence electrons. The summed E-state index contributed by atoms with van der Waals surface area (Å²) in [5.74, 6) is -0.427. The lowest BCUT2D eigenvalue weighted by Gasteiger charge is -2.34. The highest BCUT2D eigenvalue weighted by Gasteiger charge is 2.49. The lowest BCUT2D eigenvalue weighted by molar-refractivity contribution is -0.136. The molecule has 1 aliphatic heterocycles. The van der Waals surface area contributed by atoms with E-state index in [2.05, 4.69) is 5.32 Å². The average Bonchev–Trinajstić information content (AvgIpc) is 3.49. The number of ether oxygens (including phenoxy) is 1. The summed E-state index contributed by atoms with van der Waals surface area (Å²) in [4.78, 5) is 39.9. The summed E-state index contributed by atoms with van der Waals surface area (Å²) in [6, 6.07) is 10.00. The SMILES string of the molecule is CCOC(=O)N1CCN(C(=O)C2CC2C(=O)NCCc2ccccc2)CC1. The Kier molecular flexibility index (Phi) is 6.32. The van der Waals surface area contributed by atoms with Gasteiger partial charge in [0.15, 0.2) is 0 Å². The molecule has 0 spiro atoms. The van der Waals surface area contributed by atoms with E-state index in [9.17, 15) is 14.4 Å². The van der Waals surface area contributed by atoms with E-state index >= 15 is 0 Å². The molecule has 7 nitrogen and oxygen atoms in total. The zero-order chi connectivity index (χ0) is 19.2. The van der Waals surface area contributed by atoms with E-state index in [0.29, 0.717) is 45.8 Å². The second kappa shape index (κ2) is 8.88. The summed E-state index contributed by atoms with van der Waals surface area (Å²) in [5, 5.41) is 2.94. The third kappa shape index (κ3) is 4.99. The molecule has 1 aliphatic carbocycles. The maximum Gasteiger partial charge on any atom is 0.409 e. The number of carbonyl (C=O) groups is 3. The maximum absolute atomic E-state index is 12.6. The van der Waals surface area contributed by atoms with Crippen molar-refractivity contribution < 1.29 is 19.1 Å². The van der Waals surface area contributed by atoms with Crippen LogP contribution in [0.4, 0.5) is 4.79 Å². The van der Waals surface area contributed by atoms with Crippen molar-refractivity contribution in [2.75, 3.05) is 39.3 Å². The maximum atomic E-state index is 12.6. The van der Waals surface area contributed by atoms with Gasteiger partial charge in [-0.15, -0.1) is 0 Å². The second-order valence-corrected chi connectivity index (χ2v) is 6.99. The Balaban J connectivity index is 1.37. The molecule has 1 N–H and O–H groups in total. The topological polar surface area (TPSA) is 79.0 Å². The predicted octanol–water partition coefficient (Wildman–Crippen LogP) is 1.28. The lowest BCUT2D eigenvalue weighted by Crippen LogP contribution is -2.51. The van der Waals surface area contributed by atoms with Gasteiger partial charge >= 0.3 is 6.09 Å². The van der Waals surface area contributed by atoms with Crippen LogP contribution in [0.1, 0.15) is 18.9 Å². The second-order valence-electron chi connectivity index (χ2n) is 6.99. The number of nitrogens with one attached hydrogen (secondary N) is 1. The molecular weight excluding hydrogens is 346 g/mol. The van der Waals surface area contributed by atoms with Gasteiger partial charge in [-0.05, 0) is 25.3 Å². The molecule has 1 saturated heterocycles. The Hall–Kier alpha value is -2.57. The monoisotopic (exact) mass is 373 g/mol. The van der Waals surface area contributed by atoms with E-state index in [1.165, 1.54) is 5.56 Å². The predicted molar refractivity (Wildman–Crippen MR) is 99.9 cm³/mol. The molecule has 1 saturated carbocycles. The molecule has 2 aliphatic rings. The van der Waals surface area contributed by atoms with E-state index < -0.39 is 0 Å². The normalized spacial score (nSPS) is 21.5. The first-order chi connectivity index (χ1) is 13.1. The molecule has 27 heavy (non-hydrogen) atoms. The van der Waals surface area contributed by atoms with Crippen LogP contribution in [0.15, 0.2) is 30.3 Å². The highest BCUT2D eigenvalue weighted by molar-refractivity contribution is 5.92. The van der Waals surface area contributed by atoms with Gasteiger partial charge in [0, 0.05) is 32.7 Å². The van der Waals surface area contributed by atoms with E-state index in [-0.39, 0.29) is 29.7 Å². The first-order valence-electron chi connectivity index (χ1n) is 9.62. The smallest absolute Gasteiger partial charge is 0.409 e. The number of hydrogen-bond acceptors (Lipinski definition) is 4. The molecule has 2 fully saturated rings. The molecule has 3 rings (SSSR count). The van der Waals surface area contributed by atoms with Gasteiger partial charge in [-0.25, -0.2) is 4.79 Å². The molecule has 0 bridgehead atoms. The largest absolute Gasteiger partial charge is 0.450 e. The average molecular weight is 373 g/mol. The number of amides is 3. The standard InChI is InChI=1S/C20H27N3O4/c1-2-27-20(26)23-12-10-22(11-13-23)19(25)17-14-16(17)18(24)21-9-8-15-6-4-3-5-7-15/h3-7,16-17H,2,8-14H2,1H3,(H,21,24). The summed E-state index contributed by atoms with van der Waals surface area (Å²) in [5.41, 5.74) is 1.18. The van der Waals surface area contributed by atoms with Crippen molar-refractivity contribution in [3.63, 3.8) is 0 Å². The molecule has 1 aromatic carbocycles. The Morgan fingerprint density at radius 2 is 1.70 bits per heavy atom. The summed E-state index contributed by atoms with van der Waals surface area (Å²) in [6.45, 7) is 4.65. The molecule has 2 unspecified atom stereocenters. The molecule has 1 heterocycles. The van der Waals surface area contributed by atoms with Crippen LogP contribution >= 0.6 is 0 Å². The van der Waals surface area contributed by atoms with Crippen molar-refractivity contribution in [1.82, 2.24) is 15.1 Å². The minimum atomic E-state index is -0.327. The molecular formula is C20H27N3O4. The summed E-state index contributed by atoms with van der Waals surface area (Å²) in [7, 11) is 0. The van der Waals surface area contributed by atoms with Crippen LogP contribution in [-0.2, 0) is 20.7 Å². The quantitative estimate of drug-likeness (QED) is 0.815. The Morgan fingerprint density at radius 3 is 2.37 bits per heavy atom. The Morgan fingerprint density at radius 1 is 1.04 bits per heavy atom. The number of rotatable bonds is 6. The fraction of sp³-hybridized carbons (Fsp3) is 0.550. The fourth-order valence-corrected chi connectivity index (χ4v) is 3.42. The highest BCUT2D eigenvalue weighted by Crippen LogP contribution is 2.40. The van der Waals surface area contributed by atoms with E-state index in [0.717, 1.165) is 6.42 Å². The first-order valence-corrected chi connectivity index (χ1v) is 9.62. The molecule has 0 aromatic heterocycles. The zero-order valence-corrected chi connectivity index (χ0v) is 15.7. The summed E-state index contributed by atoms with van der Waals surface area (Å²) >= 11 is 0. The van der Waals surface area contributed by atoms with Crippen LogP contribution in [0.3, 0.4) is 0 Å². The van der Waals surface area contributed by atoms with Crippen LogP contribution in [0.2, 0.25) is 0 Å². The number of benzene rings is 1. The van der Waals surface area contributed by atoms with E-state index in [1.54, 1.807) is 16.7 Å². The minimum absolute atomic E-state index is 0.0294. The fourth-order valence-electron chi connectivity index (χ4n) is 3.42. The van der Waals surface area contributed by atoms with Crippen LogP contribution in [0.5, 0.6) is 0 Å². The minimum Gasteiger partial charge on any atom is -0.450 e. The third-order valence-electron chi connectivity index (χ3n) is 5.12. The van der Waals surface area contributed by atoms with Gasteiger partial charge in [0.2, 0.25) is 11.8 Å². The molecule has 2 atom stereocenters.